The van der Waals surface area contributed by atoms with Crippen LogP contribution < -0.4 is 4.72 Å². The number of anilines is 1. The van der Waals surface area contributed by atoms with Gasteiger partial charge in [-0.3, -0.25) is 9.52 Å². The van der Waals surface area contributed by atoms with E-state index in [9.17, 15) is 13.2 Å². The van der Waals surface area contributed by atoms with Gasteiger partial charge in [-0.2, -0.15) is 0 Å². The molecule has 0 aliphatic rings. The number of carbonyl (C=O) groups excluding carboxylic acids is 1. The number of carbonyl (C=O) groups is 1. The zero-order valence-corrected chi connectivity index (χ0v) is 17.9. The lowest BCUT2D eigenvalue weighted by Crippen LogP contribution is -2.25. The number of hydrogen-bond acceptors (Lipinski definition) is 6. The molecule has 1 aromatic heterocycles. The van der Waals surface area contributed by atoms with Crippen LogP contribution in [0.15, 0.2) is 54.6 Å². The van der Waals surface area contributed by atoms with Crippen molar-refractivity contribution < 1.29 is 17.9 Å². The fourth-order valence-electron chi connectivity index (χ4n) is 2.77. The summed E-state index contributed by atoms with van der Waals surface area (Å²) in [6, 6.07) is 17.3. The molecular weight excluding hydrogens is 402 g/mol. The highest BCUT2D eigenvalue weighted by Gasteiger charge is 2.20. The molecule has 156 valence electrons. The Kier molecular flexibility index (Phi) is 6.47. The SMILES string of the molecule is CCOC(=O)CS(=O)(=O)Nc1nc(-c2ccc(C)cc2)cc(-c2ccc(C)cc2)n1. The summed E-state index contributed by atoms with van der Waals surface area (Å²) in [7, 11) is -4.02. The molecule has 8 heteroatoms. The fourth-order valence-corrected chi connectivity index (χ4v) is 3.61. The molecule has 0 aliphatic carbocycles. The van der Waals surface area contributed by atoms with E-state index in [0.717, 1.165) is 22.3 Å². The normalized spacial score (nSPS) is 11.2. The van der Waals surface area contributed by atoms with Crippen molar-refractivity contribution >= 4 is 21.9 Å². The van der Waals surface area contributed by atoms with E-state index in [1.165, 1.54) is 0 Å². The number of hydrogen-bond donors (Lipinski definition) is 1. The Bertz CT molecular complexity index is 1080. The van der Waals surface area contributed by atoms with Gasteiger partial charge >= 0.3 is 5.97 Å². The Morgan fingerprint density at radius 1 is 0.900 bits per heavy atom. The first-order chi connectivity index (χ1) is 14.3. The van der Waals surface area contributed by atoms with E-state index in [4.69, 9.17) is 4.74 Å². The van der Waals surface area contributed by atoms with E-state index in [0.29, 0.717) is 11.4 Å². The van der Waals surface area contributed by atoms with Crippen LogP contribution in [-0.2, 0) is 19.6 Å². The zero-order chi connectivity index (χ0) is 21.7. The smallest absolute Gasteiger partial charge is 0.323 e. The maximum absolute atomic E-state index is 12.4. The molecule has 30 heavy (non-hydrogen) atoms. The van der Waals surface area contributed by atoms with Crippen LogP contribution in [0.3, 0.4) is 0 Å². The third-order valence-electron chi connectivity index (χ3n) is 4.28. The van der Waals surface area contributed by atoms with Crippen LogP contribution in [0.1, 0.15) is 18.1 Å². The van der Waals surface area contributed by atoms with Crippen molar-refractivity contribution in [2.24, 2.45) is 0 Å². The number of nitrogens with zero attached hydrogens (tertiary/aromatic N) is 2. The Morgan fingerprint density at radius 2 is 1.37 bits per heavy atom. The van der Waals surface area contributed by atoms with Crippen molar-refractivity contribution in [3.05, 3.63) is 65.7 Å². The average molecular weight is 426 g/mol. The number of ether oxygens (including phenoxy) is 1. The number of nitrogens with one attached hydrogen (secondary N) is 1. The monoisotopic (exact) mass is 425 g/mol. The van der Waals surface area contributed by atoms with Crippen molar-refractivity contribution in [1.29, 1.82) is 0 Å². The highest BCUT2D eigenvalue weighted by Crippen LogP contribution is 2.26. The lowest BCUT2D eigenvalue weighted by Gasteiger charge is -2.11. The molecule has 0 spiro atoms. The Labute approximate surface area is 176 Å². The lowest BCUT2D eigenvalue weighted by molar-refractivity contribution is -0.139. The van der Waals surface area contributed by atoms with Gasteiger partial charge in [-0.05, 0) is 26.8 Å². The summed E-state index contributed by atoms with van der Waals surface area (Å²) >= 11 is 0. The molecule has 0 unspecified atom stereocenters. The van der Waals surface area contributed by atoms with Crippen molar-refractivity contribution in [3.8, 4) is 22.5 Å². The molecule has 0 amide bonds. The third-order valence-corrected chi connectivity index (χ3v) is 5.39. The number of sulfonamides is 1. The van der Waals surface area contributed by atoms with Crippen molar-refractivity contribution in [2.75, 3.05) is 17.1 Å². The first-order valence-corrected chi connectivity index (χ1v) is 11.1. The van der Waals surface area contributed by atoms with E-state index in [1.807, 2.05) is 62.4 Å². The molecule has 3 rings (SSSR count). The minimum absolute atomic E-state index is 0.103. The van der Waals surface area contributed by atoms with Crippen molar-refractivity contribution in [1.82, 2.24) is 9.97 Å². The quantitative estimate of drug-likeness (QED) is 0.579. The first kappa shape index (κ1) is 21.4. The van der Waals surface area contributed by atoms with Gasteiger partial charge in [0.25, 0.3) is 0 Å². The second-order valence-corrected chi connectivity index (χ2v) is 8.58. The van der Waals surface area contributed by atoms with Gasteiger partial charge in [-0.25, -0.2) is 18.4 Å². The summed E-state index contributed by atoms with van der Waals surface area (Å²) in [4.78, 5) is 20.3. The highest BCUT2D eigenvalue weighted by atomic mass is 32.2. The van der Waals surface area contributed by atoms with Crippen LogP contribution in [0.25, 0.3) is 22.5 Å². The van der Waals surface area contributed by atoms with Crippen LogP contribution in [0.2, 0.25) is 0 Å². The van der Waals surface area contributed by atoms with Gasteiger partial charge in [0.15, 0.2) is 5.75 Å². The van der Waals surface area contributed by atoms with Crippen molar-refractivity contribution in [2.45, 2.75) is 20.8 Å². The van der Waals surface area contributed by atoms with Crippen LogP contribution in [0.5, 0.6) is 0 Å². The summed E-state index contributed by atoms with van der Waals surface area (Å²) in [5.74, 6) is -1.75. The molecule has 0 radical (unpaired) electrons. The molecule has 0 atom stereocenters. The standard InChI is InChI=1S/C22H23N3O4S/c1-4-29-21(26)14-30(27,28)25-22-23-19(17-9-5-15(2)6-10-17)13-20(24-22)18-11-7-16(3)8-12-18/h5-13H,4,14H2,1-3H3,(H,23,24,25). The molecule has 0 bridgehead atoms. The zero-order valence-electron chi connectivity index (χ0n) is 17.0. The molecule has 3 aromatic rings. The second kappa shape index (κ2) is 9.04. The minimum atomic E-state index is -4.02. The number of rotatable bonds is 7. The van der Waals surface area contributed by atoms with Gasteiger partial charge in [0, 0.05) is 11.1 Å². The fraction of sp³-hybridized carbons (Fsp3) is 0.227. The molecular formula is C22H23N3O4S. The summed E-state index contributed by atoms with van der Waals surface area (Å²) in [5, 5.41) is 0. The van der Waals surface area contributed by atoms with Crippen LogP contribution >= 0.6 is 0 Å². The maximum atomic E-state index is 12.4. The van der Waals surface area contributed by atoms with Crippen LogP contribution in [0.4, 0.5) is 5.95 Å². The van der Waals surface area contributed by atoms with Crippen LogP contribution in [0, 0.1) is 13.8 Å². The summed E-state index contributed by atoms with van der Waals surface area (Å²) in [6.45, 7) is 5.68. The van der Waals surface area contributed by atoms with E-state index < -0.39 is 21.7 Å². The molecule has 0 fully saturated rings. The largest absolute Gasteiger partial charge is 0.465 e. The minimum Gasteiger partial charge on any atom is -0.465 e. The van der Waals surface area contributed by atoms with E-state index in [2.05, 4.69) is 14.7 Å². The van der Waals surface area contributed by atoms with Gasteiger partial charge in [0.05, 0.1) is 18.0 Å². The average Bonchev–Trinajstić information content (AvgIpc) is 2.68. The number of aryl methyl sites for hydroxylation is 2. The first-order valence-electron chi connectivity index (χ1n) is 9.45. The van der Waals surface area contributed by atoms with Gasteiger partial charge in [-0.1, -0.05) is 59.7 Å². The summed E-state index contributed by atoms with van der Waals surface area (Å²) in [6.07, 6.45) is 0. The molecule has 1 heterocycles. The van der Waals surface area contributed by atoms with Gasteiger partial charge in [-0.15, -0.1) is 0 Å². The number of aromatic nitrogens is 2. The van der Waals surface area contributed by atoms with E-state index >= 15 is 0 Å². The van der Waals surface area contributed by atoms with E-state index in [-0.39, 0.29) is 12.6 Å². The van der Waals surface area contributed by atoms with Crippen molar-refractivity contribution in [3.63, 3.8) is 0 Å². The molecule has 0 saturated heterocycles. The third kappa shape index (κ3) is 5.64. The Morgan fingerprint density at radius 3 is 1.80 bits per heavy atom. The Hall–Kier alpha value is -3.26. The highest BCUT2D eigenvalue weighted by molar-refractivity contribution is 7.93. The second-order valence-electron chi connectivity index (χ2n) is 6.86. The van der Waals surface area contributed by atoms with Gasteiger partial charge in [0.2, 0.25) is 16.0 Å². The predicted octanol–water partition coefficient (Wildman–Crippen LogP) is 3.73. The van der Waals surface area contributed by atoms with Gasteiger partial charge in [0.1, 0.15) is 0 Å². The molecule has 2 aromatic carbocycles. The van der Waals surface area contributed by atoms with E-state index in [1.54, 1.807) is 13.0 Å². The molecule has 0 aliphatic heterocycles. The number of esters is 1. The molecule has 0 saturated carbocycles. The Balaban J connectivity index is 2.02. The van der Waals surface area contributed by atoms with Crippen LogP contribution in [-0.4, -0.2) is 36.7 Å². The summed E-state index contributed by atoms with van der Waals surface area (Å²) < 4.78 is 31.8. The van der Waals surface area contributed by atoms with Gasteiger partial charge < -0.3 is 4.74 Å². The molecule has 1 N–H and O–H groups in total. The summed E-state index contributed by atoms with van der Waals surface area (Å²) in [5.41, 5.74) is 4.97. The lowest BCUT2D eigenvalue weighted by atomic mass is 10.1. The number of benzene rings is 2. The molecule has 7 nitrogen and oxygen atoms in total. The predicted molar refractivity (Wildman–Crippen MR) is 116 cm³/mol. The maximum Gasteiger partial charge on any atom is 0.323 e. The topological polar surface area (TPSA) is 98.2 Å².